The monoisotopic (exact) mass is 2070 g/mol. The maximum atomic E-state index is 10.7. The van der Waals surface area contributed by atoms with Crippen LogP contribution in [0.5, 0.6) is 103 Å². The van der Waals surface area contributed by atoms with Crippen molar-refractivity contribution in [3.8, 4) is 110 Å². The number of methoxy groups -OCH3 is 18. The highest BCUT2D eigenvalue weighted by atomic mass is 32.3. The van der Waals surface area contributed by atoms with Gasteiger partial charge < -0.3 is 127 Å². The number of benzene rings is 11. The summed E-state index contributed by atoms with van der Waals surface area (Å²) in [6.45, 7) is 20.4. The van der Waals surface area contributed by atoms with Crippen molar-refractivity contribution in [1.82, 2.24) is 15.5 Å². The van der Waals surface area contributed by atoms with E-state index >= 15 is 0 Å². The van der Waals surface area contributed by atoms with Gasteiger partial charge in [0.1, 0.15) is 6.10 Å². The van der Waals surface area contributed by atoms with Crippen molar-refractivity contribution in [2.45, 2.75) is 98.2 Å². The van der Waals surface area contributed by atoms with Crippen LogP contribution >= 0.6 is 0 Å². The summed E-state index contributed by atoms with van der Waals surface area (Å²) in [7, 11) is 27.3. The van der Waals surface area contributed by atoms with Gasteiger partial charge in [-0.15, -0.1) is 0 Å². The molecule has 0 aromatic heterocycles. The van der Waals surface area contributed by atoms with Gasteiger partial charge in [0, 0.05) is 61.8 Å². The van der Waals surface area contributed by atoms with Crippen LogP contribution in [0.1, 0.15) is 136 Å². The van der Waals surface area contributed by atoms with Crippen molar-refractivity contribution in [2.24, 2.45) is 5.73 Å². The van der Waals surface area contributed by atoms with Gasteiger partial charge in [0.25, 0.3) is 6.47 Å². The lowest BCUT2D eigenvalue weighted by atomic mass is 9.86. The molecule has 11 aromatic carbocycles. The number of carboxylic acid groups (broad SMARTS) is 1. The average molecular weight is 2070 g/mol. The standard InChI is InChI=1S/C21H27NO3.C20H27NO4.C20H25NO3.C11H17NO3.C11H13NO3.C10H12O4.C9H10O.C9H10.CH2O2.CH4O.CH4.H2O4S/c1-14-7-6-8-15(11-14)18-13-22(2)10-9-16-17(18)12-19(23-3)21(25-5)20(16)24-4;1-14-6-5-7-16(12-14)17(22)13-21-11-10-15-8-9-18(23-2)20(25-4)19(15)24-3;1-13-6-5-7-14(10-13)17-12-21-9-8-15-16(17)11-18(22-2)20(24-4)19(15)23-3;2*1-13-9-5-4-8(6-7-12)10(14-2)11(9)15-3;1-12-8-5-4-7(6-11)9(13-2)10(8)14-3;1-7-3-2-4-8(5-7)9-6-10-9;1-3-9-6-4-5-8(2)7-9;2-1-3;1-2;;1-5(2,3)4/h6-8,11-12,18H,9-10,13H2,1-5H3;5-9,12,17,21-22H,10-11,13H2,1-4H3;5-7,10-11,17,21H,8-9,12H2,1-4H3;4-5H,6-7,12H2,1-3H3;4-5H,6H2,1-3H3;4-6H,1-3H3;2-5,9H,6H2,1H3;3-7H,1H2,2H3;1H,(H,2,3);2H,1H3;1H4;(H2,1,2,3,4)/t18-;2*17-;;;;;;;;;/m010........./s1. The summed E-state index contributed by atoms with van der Waals surface area (Å²) in [6, 6.07) is 62.9. The summed E-state index contributed by atoms with van der Waals surface area (Å²) in [5.41, 5.74) is 26.1. The molecule has 0 aliphatic carbocycles. The number of ether oxygens (including phenoxy) is 19. The van der Waals surface area contributed by atoms with Crippen LogP contribution in [0.2, 0.25) is 0 Å². The third-order valence-corrected chi connectivity index (χ3v) is 23.0. The van der Waals surface area contributed by atoms with E-state index in [0.717, 1.165) is 111 Å². The smallest absolute Gasteiger partial charge is 0.394 e. The Kier molecular flexibility index (Phi) is 59.7. The number of nitrogens with one attached hydrogen (secondary N) is 2. The first-order valence-electron chi connectivity index (χ1n) is 46.7. The normalized spacial score (nSPS) is 13.1. The third kappa shape index (κ3) is 39.2. The van der Waals surface area contributed by atoms with Gasteiger partial charge in [0.2, 0.25) is 34.5 Å². The molecule has 1 fully saturated rings. The van der Waals surface area contributed by atoms with Gasteiger partial charge in [0.15, 0.2) is 75.3 Å². The fourth-order valence-electron chi connectivity index (χ4n) is 16.2. The fraction of sp³-hybridized carbons (Fsp3) is 0.377. The maximum absolute atomic E-state index is 10.7. The van der Waals surface area contributed by atoms with Crippen LogP contribution < -0.4 is 102 Å². The largest absolute Gasteiger partial charge is 0.493 e. The number of likely N-dealkylation sites (N-methyl/N-ethyl adjacent to an activating group) is 1. The summed E-state index contributed by atoms with van der Waals surface area (Å²) in [4.78, 5) is 21.4. The summed E-state index contributed by atoms with van der Waals surface area (Å²) >= 11 is 0. The van der Waals surface area contributed by atoms with Crippen LogP contribution in [-0.4, -0.2) is 245 Å². The number of nitrogens with zero attached hydrogens (tertiary/aromatic N) is 2. The van der Waals surface area contributed by atoms with Gasteiger partial charge in [-0.3, -0.25) is 18.7 Å². The minimum atomic E-state index is -4.67. The zero-order valence-electron chi connectivity index (χ0n) is 89.3. The molecule has 34 heteroatoms. The van der Waals surface area contributed by atoms with Crippen LogP contribution in [0, 0.1) is 45.9 Å². The maximum Gasteiger partial charge on any atom is 0.394 e. The molecular formula is C114H153N5O28S. The van der Waals surface area contributed by atoms with Crippen molar-refractivity contribution in [3.05, 3.63) is 289 Å². The zero-order chi connectivity index (χ0) is 109. The molecule has 33 nitrogen and oxygen atoms in total. The number of nitriles is 1. The van der Waals surface area contributed by atoms with E-state index in [2.05, 4.69) is 160 Å². The molecule has 148 heavy (non-hydrogen) atoms. The summed E-state index contributed by atoms with van der Waals surface area (Å²) < 4.78 is 133. The minimum absolute atomic E-state index is 0. The first-order chi connectivity index (χ1) is 70.8. The molecule has 1 saturated heterocycles. The van der Waals surface area contributed by atoms with Crippen LogP contribution in [0.25, 0.3) is 6.08 Å². The second-order valence-electron chi connectivity index (χ2n) is 32.5. The predicted molar refractivity (Wildman–Crippen MR) is 579 cm³/mol. The van der Waals surface area contributed by atoms with Crippen molar-refractivity contribution in [1.29, 1.82) is 5.26 Å². The van der Waals surface area contributed by atoms with Gasteiger partial charge in [-0.1, -0.05) is 187 Å². The molecule has 9 N–H and O–H groups in total. The van der Waals surface area contributed by atoms with Gasteiger partial charge >= 0.3 is 10.4 Å². The van der Waals surface area contributed by atoms with E-state index in [1.54, 1.807) is 117 Å². The number of aliphatic hydroxyl groups is 2. The van der Waals surface area contributed by atoms with E-state index in [9.17, 15) is 9.90 Å². The number of carbonyl (C=O) groups excluding carboxylic acids is 1. The molecule has 11 aromatic rings. The van der Waals surface area contributed by atoms with E-state index < -0.39 is 16.5 Å². The molecule has 0 saturated carbocycles. The van der Waals surface area contributed by atoms with E-state index in [1.165, 1.54) is 102 Å². The molecule has 0 spiro atoms. The van der Waals surface area contributed by atoms with Gasteiger partial charge in [-0.05, 0) is 180 Å². The number of aryl methyl sites for hydroxylation is 5. The summed E-state index contributed by atoms with van der Waals surface area (Å²) in [6.07, 6.45) is 6.07. The minimum Gasteiger partial charge on any atom is -0.493 e. The number of aldehydes is 1. The number of hydrogen-bond donors (Lipinski definition) is 8. The van der Waals surface area contributed by atoms with Crippen LogP contribution in [-0.2, 0) is 52.0 Å². The fourth-order valence-corrected chi connectivity index (χ4v) is 16.2. The van der Waals surface area contributed by atoms with E-state index in [1.807, 2.05) is 73.7 Å². The molecule has 808 valence electrons. The van der Waals surface area contributed by atoms with Crippen LogP contribution in [0.4, 0.5) is 0 Å². The van der Waals surface area contributed by atoms with Crippen LogP contribution in [0.15, 0.2) is 189 Å². The Balaban J connectivity index is 0.000000436. The highest BCUT2D eigenvalue weighted by Gasteiger charge is 2.32. The van der Waals surface area contributed by atoms with Gasteiger partial charge in [-0.2, -0.15) is 13.7 Å². The van der Waals surface area contributed by atoms with Crippen molar-refractivity contribution >= 4 is 29.2 Å². The van der Waals surface area contributed by atoms with Crippen LogP contribution in [0.3, 0.4) is 0 Å². The first kappa shape index (κ1) is 128. The first-order valence-corrected chi connectivity index (χ1v) is 48.1. The Hall–Kier alpha value is -14.2. The number of epoxide rings is 1. The molecule has 0 radical (unpaired) electrons. The van der Waals surface area contributed by atoms with Gasteiger partial charge in [-0.25, -0.2) is 0 Å². The Morgan fingerprint density at radius 1 is 0.473 bits per heavy atom. The second kappa shape index (κ2) is 69.0. The third-order valence-electron chi connectivity index (χ3n) is 23.0. The molecule has 4 atom stereocenters. The number of rotatable bonds is 32. The number of carbonyl (C=O) groups is 2. The van der Waals surface area contributed by atoms with Crippen molar-refractivity contribution in [3.63, 3.8) is 0 Å². The molecule has 14 rings (SSSR count). The topological polar surface area (TPSA) is 425 Å². The Bertz CT molecular complexity index is 6000. The molecule has 3 heterocycles. The molecule has 1 unspecified atom stereocenters. The lowest BCUT2D eigenvalue weighted by Gasteiger charge is -2.24. The lowest BCUT2D eigenvalue weighted by molar-refractivity contribution is -0.122. The predicted octanol–water partition coefficient (Wildman–Crippen LogP) is 18.3. The summed E-state index contributed by atoms with van der Waals surface area (Å²) in [5.74, 6) is 11.8. The zero-order valence-corrected chi connectivity index (χ0v) is 90.1. The number of nitrogens with two attached hydrogens (primary N) is 1. The van der Waals surface area contributed by atoms with Crippen molar-refractivity contribution in [2.75, 3.05) is 195 Å². The molecule has 0 bridgehead atoms. The SMILES string of the molecule is C.C=Cc1cccc(C)c1.CO.COc1cc2c(c(OC)c1OC)CCN(C)C[C@H]2c1cccc(C)c1.COc1cc2c(c(OC)c1OC)CCNC[C@H]2c1cccc(C)c1.COc1ccc(C=O)c(OC)c1OC.COc1ccc(CC#N)c(OC)c1OC.COc1ccc(CCN)c(OC)c1OC.COc1ccc(CCNC[C@@H](O)c2cccc(C)c2)c(OC)c1OC.Cc1cccc(C2CO2)c1.O=CO.O=S(=O)(O)O. The highest BCUT2D eigenvalue weighted by Crippen LogP contribution is 2.50. The molecule has 3 aliphatic heterocycles. The Labute approximate surface area is 874 Å². The van der Waals surface area contributed by atoms with Gasteiger partial charge in [0.05, 0.1) is 159 Å². The highest BCUT2D eigenvalue weighted by molar-refractivity contribution is 7.79. The lowest BCUT2D eigenvalue weighted by Crippen LogP contribution is -2.24. The second-order valence-corrected chi connectivity index (χ2v) is 33.4. The quantitative estimate of drug-likeness (QED) is 0.00840. The molecule has 3 aliphatic rings. The van der Waals surface area contributed by atoms with E-state index in [4.69, 9.17) is 134 Å². The van der Waals surface area contributed by atoms with E-state index in [-0.39, 0.29) is 32.2 Å². The molecular weight excluding hydrogens is 1920 g/mol. The number of fused-ring (bicyclic) bond motifs is 2. The number of aliphatic hydroxyl groups excluding tert-OH is 2. The Morgan fingerprint density at radius 2 is 0.831 bits per heavy atom. The average Bonchev–Trinajstić information content (AvgIpc) is 1.73. The van der Waals surface area contributed by atoms with Crippen molar-refractivity contribution < 1.29 is 132 Å². The Morgan fingerprint density at radius 3 is 1.22 bits per heavy atom. The molecule has 0 amide bonds. The van der Waals surface area contributed by atoms with E-state index in [0.29, 0.717) is 124 Å². The summed E-state index contributed by atoms with van der Waals surface area (Å²) in [5, 5.41) is 39.7. The number of hydrogen-bond acceptors (Lipinski definition) is 30.